The predicted octanol–water partition coefficient (Wildman–Crippen LogP) is 2.08. The van der Waals surface area contributed by atoms with Crippen LogP contribution in [0.1, 0.15) is 27.6 Å². The van der Waals surface area contributed by atoms with Gasteiger partial charge in [-0.1, -0.05) is 6.07 Å². The van der Waals surface area contributed by atoms with Crippen molar-refractivity contribution in [2.75, 3.05) is 6.54 Å². The normalized spacial score (nSPS) is 11.6. The van der Waals surface area contributed by atoms with Crippen LogP contribution in [0.15, 0.2) is 41.1 Å². The van der Waals surface area contributed by atoms with E-state index in [2.05, 4.69) is 5.32 Å². The summed E-state index contributed by atoms with van der Waals surface area (Å²) in [7, 11) is 0. The average molecular weight is 272 g/mol. The molecule has 1 aromatic heterocycles. The summed E-state index contributed by atoms with van der Waals surface area (Å²) in [5, 5.41) is 25.0. The van der Waals surface area contributed by atoms with E-state index < -0.39 is 6.10 Å². The number of nitrogens with zero attached hydrogens (tertiary/aromatic N) is 1. The van der Waals surface area contributed by atoms with E-state index in [-0.39, 0.29) is 12.5 Å². The molecular formula is C14H12N2O2S. The number of nitriles is 1. The van der Waals surface area contributed by atoms with E-state index >= 15 is 0 Å². The highest BCUT2D eigenvalue weighted by atomic mass is 32.1. The van der Waals surface area contributed by atoms with E-state index in [4.69, 9.17) is 5.26 Å². The van der Waals surface area contributed by atoms with Gasteiger partial charge in [0.1, 0.15) is 0 Å². The third-order valence-electron chi connectivity index (χ3n) is 2.64. The Bertz CT molecular complexity index is 602. The largest absolute Gasteiger partial charge is 0.387 e. The van der Waals surface area contributed by atoms with E-state index in [1.165, 1.54) is 17.4 Å². The molecule has 0 saturated heterocycles. The highest BCUT2D eigenvalue weighted by molar-refractivity contribution is 7.07. The quantitative estimate of drug-likeness (QED) is 0.895. The lowest BCUT2D eigenvalue weighted by atomic mass is 10.1. The number of hydrogen-bond donors (Lipinski definition) is 2. The first-order chi connectivity index (χ1) is 9.20. The van der Waals surface area contributed by atoms with Gasteiger partial charge in [-0.25, -0.2) is 0 Å². The second-order valence-corrected chi connectivity index (χ2v) is 4.76. The first-order valence-corrected chi connectivity index (χ1v) is 6.63. The van der Waals surface area contributed by atoms with Crippen LogP contribution in [-0.4, -0.2) is 17.6 Å². The van der Waals surface area contributed by atoms with E-state index in [0.29, 0.717) is 11.1 Å². The maximum absolute atomic E-state index is 11.9. The summed E-state index contributed by atoms with van der Waals surface area (Å²) in [6, 6.07) is 10.2. The number of rotatable bonds is 4. The van der Waals surface area contributed by atoms with Crippen molar-refractivity contribution in [3.8, 4) is 6.07 Å². The van der Waals surface area contributed by atoms with Crippen LogP contribution >= 0.6 is 11.3 Å². The molecule has 2 N–H and O–H groups in total. The summed E-state index contributed by atoms with van der Waals surface area (Å²) in [6.07, 6.45) is -0.714. The number of thiophene rings is 1. The van der Waals surface area contributed by atoms with Crippen LogP contribution in [0.5, 0.6) is 0 Å². The second-order valence-electron chi connectivity index (χ2n) is 3.98. The number of amides is 1. The van der Waals surface area contributed by atoms with E-state index in [0.717, 1.165) is 5.56 Å². The van der Waals surface area contributed by atoms with Crippen molar-refractivity contribution < 1.29 is 9.90 Å². The molecule has 0 radical (unpaired) electrons. The SMILES string of the molecule is N#Cc1cccc(C(=O)NC[C@@H](O)c2ccsc2)c1. The van der Waals surface area contributed by atoms with Crippen LogP contribution < -0.4 is 5.32 Å². The summed E-state index contributed by atoms with van der Waals surface area (Å²) in [5.74, 6) is -0.300. The van der Waals surface area contributed by atoms with E-state index in [1.54, 1.807) is 18.2 Å². The Morgan fingerprint density at radius 3 is 3.00 bits per heavy atom. The Morgan fingerprint density at radius 2 is 2.32 bits per heavy atom. The number of aliphatic hydroxyl groups excluding tert-OH is 1. The molecule has 5 heteroatoms. The fraction of sp³-hybridized carbons (Fsp3) is 0.143. The lowest BCUT2D eigenvalue weighted by Crippen LogP contribution is -2.28. The summed E-state index contributed by atoms with van der Waals surface area (Å²) in [6.45, 7) is 0.145. The second kappa shape index (κ2) is 6.14. The molecule has 1 amide bonds. The summed E-state index contributed by atoms with van der Waals surface area (Å²) < 4.78 is 0. The molecule has 0 fully saturated rings. The number of benzene rings is 1. The first-order valence-electron chi connectivity index (χ1n) is 5.69. The molecule has 0 aliphatic rings. The fourth-order valence-corrected chi connectivity index (χ4v) is 2.31. The van der Waals surface area contributed by atoms with Crippen molar-refractivity contribution >= 4 is 17.2 Å². The summed E-state index contributed by atoms with van der Waals surface area (Å²) >= 11 is 1.49. The number of hydrogen-bond acceptors (Lipinski definition) is 4. The Balaban J connectivity index is 1.96. The predicted molar refractivity (Wildman–Crippen MR) is 72.8 cm³/mol. The average Bonchev–Trinajstić information content (AvgIpc) is 2.98. The molecule has 2 aromatic rings. The Morgan fingerprint density at radius 1 is 1.47 bits per heavy atom. The van der Waals surface area contributed by atoms with Crippen LogP contribution in [0, 0.1) is 11.3 Å². The van der Waals surface area contributed by atoms with Gasteiger partial charge in [0.15, 0.2) is 0 Å². The molecule has 4 nitrogen and oxygen atoms in total. The van der Waals surface area contributed by atoms with Gasteiger partial charge in [0.2, 0.25) is 0 Å². The molecule has 1 atom stereocenters. The minimum atomic E-state index is -0.714. The standard InChI is InChI=1S/C14H12N2O2S/c15-7-10-2-1-3-11(6-10)14(18)16-8-13(17)12-4-5-19-9-12/h1-6,9,13,17H,8H2,(H,16,18)/t13-/m1/s1. The molecule has 0 aliphatic carbocycles. The molecule has 19 heavy (non-hydrogen) atoms. The molecule has 0 saturated carbocycles. The minimum absolute atomic E-state index is 0.145. The van der Waals surface area contributed by atoms with Gasteiger partial charge in [-0.3, -0.25) is 4.79 Å². The zero-order chi connectivity index (χ0) is 13.7. The number of carbonyl (C=O) groups excluding carboxylic acids is 1. The van der Waals surface area contributed by atoms with Crippen LogP contribution in [0.3, 0.4) is 0 Å². The lowest BCUT2D eigenvalue weighted by molar-refractivity contribution is 0.0916. The Hall–Kier alpha value is -2.16. The van der Waals surface area contributed by atoms with Gasteiger partial charge in [-0.15, -0.1) is 0 Å². The van der Waals surface area contributed by atoms with Crippen LogP contribution in [-0.2, 0) is 0 Å². The molecule has 1 heterocycles. The van der Waals surface area contributed by atoms with Crippen LogP contribution in [0.2, 0.25) is 0 Å². The Labute approximate surface area is 114 Å². The zero-order valence-electron chi connectivity index (χ0n) is 10.0. The van der Waals surface area contributed by atoms with E-state index in [9.17, 15) is 9.90 Å². The Kier molecular flexibility index (Phi) is 4.29. The molecule has 1 aromatic carbocycles. The van der Waals surface area contributed by atoms with Gasteiger partial charge >= 0.3 is 0 Å². The van der Waals surface area contributed by atoms with E-state index in [1.807, 2.05) is 22.9 Å². The van der Waals surface area contributed by atoms with Crippen LogP contribution in [0.25, 0.3) is 0 Å². The van der Waals surface area contributed by atoms with Crippen molar-refractivity contribution in [2.45, 2.75) is 6.10 Å². The fourth-order valence-electron chi connectivity index (χ4n) is 1.60. The highest BCUT2D eigenvalue weighted by Gasteiger charge is 2.11. The maximum atomic E-state index is 11.9. The molecule has 0 unspecified atom stereocenters. The van der Waals surface area contributed by atoms with Crippen molar-refractivity contribution in [3.63, 3.8) is 0 Å². The maximum Gasteiger partial charge on any atom is 0.251 e. The van der Waals surface area contributed by atoms with Crippen molar-refractivity contribution in [1.29, 1.82) is 5.26 Å². The molecule has 0 aliphatic heterocycles. The molecule has 2 rings (SSSR count). The third-order valence-corrected chi connectivity index (χ3v) is 3.34. The van der Waals surface area contributed by atoms with Crippen LogP contribution in [0.4, 0.5) is 0 Å². The summed E-state index contributed by atoms with van der Waals surface area (Å²) in [5.41, 5.74) is 1.64. The molecule has 96 valence electrons. The molecule has 0 bridgehead atoms. The molecule has 0 spiro atoms. The van der Waals surface area contributed by atoms with Gasteiger partial charge in [0.25, 0.3) is 5.91 Å². The van der Waals surface area contributed by atoms with Crippen molar-refractivity contribution in [2.24, 2.45) is 0 Å². The van der Waals surface area contributed by atoms with Gasteiger partial charge in [0.05, 0.1) is 17.7 Å². The third kappa shape index (κ3) is 3.41. The molecular weight excluding hydrogens is 260 g/mol. The minimum Gasteiger partial charge on any atom is -0.387 e. The zero-order valence-corrected chi connectivity index (χ0v) is 10.9. The van der Waals surface area contributed by atoms with Crippen molar-refractivity contribution in [1.82, 2.24) is 5.32 Å². The van der Waals surface area contributed by atoms with Gasteiger partial charge < -0.3 is 10.4 Å². The van der Waals surface area contributed by atoms with Gasteiger partial charge in [-0.05, 0) is 40.6 Å². The number of nitrogens with one attached hydrogen (secondary N) is 1. The smallest absolute Gasteiger partial charge is 0.251 e. The topological polar surface area (TPSA) is 73.1 Å². The monoisotopic (exact) mass is 272 g/mol. The van der Waals surface area contributed by atoms with Crippen molar-refractivity contribution in [3.05, 3.63) is 57.8 Å². The lowest BCUT2D eigenvalue weighted by Gasteiger charge is -2.10. The first kappa shape index (κ1) is 13.3. The highest BCUT2D eigenvalue weighted by Crippen LogP contribution is 2.15. The number of carbonyl (C=O) groups is 1. The number of aliphatic hydroxyl groups is 1. The van der Waals surface area contributed by atoms with Gasteiger partial charge in [-0.2, -0.15) is 16.6 Å². The summed E-state index contributed by atoms with van der Waals surface area (Å²) in [4.78, 5) is 11.9. The van der Waals surface area contributed by atoms with Gasteiger partial charge in [0, 0.05) is 12.1 Å².